The van der Waals surface area contributed by atoms with E-state index in [9.17, 15) is 4.39 Å². The average molecular weight is 365 g/mol. The van der Waals surface area contributed by atoms with E-state index in [4.69, 9.17) is 5.73 Å². The van der Waals surface area contributed by atoms with E-state index in [1.54, 1.807) is 6.07 Å². The summed E-state index contributed by atoms with van der Waals surface area (Å²) in [6.45, 7) is 5.03. The van der Waals surface area contributed by atoms with Crippen LogP contribution in [0.4, 0.5) is 10.1 Å². The molecule has 4 rings (SSSR count). The lowest BCUT2D eigenvalue weighted by Gasteiger charge is -2.34. The minimum absolute atomic E-state index is 0.162. The molecule has 2 N–H and O–H groups in total. The van der Waals surface area contributed by atoms with Crippen molar-refractivity contribution in [2.24, 2.45) is 11.7 Å². The van der Waals surface area contributed by atoms with Gasteiger partial charge in [0.2, 0.25) is 0 Å². The Kier molecular flexibility index (Phi) is 5.17. The normalized spacial score (nSPS) is 15.6. The molecule has 0 unspecified atom stereocenters. The third-order valence-corrected chi connectivity index (χ3v) is 5.90. The molecule has 0 spiro atoms. The summed E-state index contributed by atoms with van der Waals surface area (Å²) >= 11 is 0. The second kappa shape index (κ2) is 7.73. The molecule has 1 saturated heterocycles. The van der Waals surface area contributed by atoms with Gasteiger partial charge in [0, 0.05) is 36.0 Å². The van der Waals surface area contributed by atoms with Crippen LogP contribution >= 0.6 is 0 Å². The van der Waals surface area contributed by atoms with Crippen molar-refractivity contribution in [2.45, 2.75) is 32.6 Å². The SMILES string of the molecule is Cc1ccc(F)c2ccn(-c3cccc(N4CCC(CCCN)CC4)c3)c12. The maximum atomic E-state index is 14.2. The molecule has 0 atom stereocenters. The van der Waals surface area contributed by atoms with Gasteiger partial charge in [-0.25, -0.2) is 4.39 Å². The standard InChI is InChI=1S/C23H28FN3/c1-17-7-8-22(24)21-11-15-27(23(17)21)20-6-2-5-19(16-20)26-13-9-18(10-14-26)4-3-12-25/h2,5-8,11,15-16,18H,3-4,9-10,12-14,25H2,1H3. The molecule has 2 aromatic carbocycles. The maximum Gasteiger partial charge on any atom is 0.132 e. The Morgan fingerprint density at radius 2 is 1.85 bits per heavy atom. The van der Waals surface area contributed by atoms with Crippen molar-refractivity contribution in [1.29, 1.82) is 0 Å². The molecule has 1 fully saturated rings. The minimum atomic E-state index is -0.162. The molecule has 27 heavy (non-hydrogen) atoms. The number of benzene rings is 2. The monoisotopic (exact) mass is 365 g/mol. The number of anilines is 1. The molecule has 1 aromatic heterocycles. The zero-order chi connectivity index (χ0) is 18.8. The highest BCUT2D eigenvalue weighted by atomic mass is 19.1. The van der Waals surface area contributed by atoms with Gasteiger partial charge in [-0.2, -0.15) is 0 Å². The summed E-state index contributed by atoms with van der Waals surface area (Å²) < 4.78 is 16.3. The van der Waals surface area contributed by atoms with Crippen LogP contribution in [0, 0.1) is 18.7 Å². The van der Waals surface area contributed by atoms with Crippen LogP contribution in [0.5, 0.6) is 0 Å². The van der Waals surface area contributed by atoms with Crippen molar-refractivity contribution < 1.29 is 4.39 Å². The van der Waals surface area contributed by atoms with Crippen molar-refractivity contribution in [2.75, 3.05) is 24.5 Å². The molecule has 0 amide bonds. The lowest BCUT2D eigenvalue weighted by Crippen LogP contribution is -2.33. The van der Waals surface area contributed by atoms with Crippen LogP contribution < -0.4 is 10.6 Å². The molecule has 2 heterocycles. The van der Waals surface area contributed by atoms with Gasteiger partial charge >= 0.3 is 0 Å². The van der Waals surface area contributed by atoms with E-state index in [1.165, 1.54) is 24.9 Å². The zero-order valence-corrected chi connectivity index (χ0v) is 16.0. The quantitative estimate of drug-likeness (QED) is 0.688. The van der Waals surface area contributed by atoms with E-state index in [1.807, 2.05) is 25.3 Å². The van der Waals surface area contributed by atoms with E-state index >= 15 is 0 Å². The predicted octanol–water partition coefficient (Wildman–Crippen LogP) is 5.03. The Bertz CT molecular complexity index is 923. The first-order chi connectivity index (χ1) is 13.2. The summed E-state index contributed by atoms with van der Waals surface area (Å²) in [7, 11) is 0. The highest BCUT2D eigenvalue weighted by molar-refractivity contribution is 5.85. The third-order valence-electron chi connectivity index (χ3n) is 5.90. The Hall–Kier alpha value is -2.33. The van der Waals surface area contributed by atoms with Crippen LogP contribution in [0.2, 0.25) is 0 Å². The Morgan fingerprint density at radius 1 is 1.07 bits per heavy atom. The molecule has 4 heteroatoms. The molecule has 0 aliphatic carbocycles. The highest BCUT2D eigenvalue weighted by Gasteiger charge is 2.19. The molecule has 142 valence electrons. The summed E-state index contributed by atoms with van der Waals surface area (Å²) in [5.74, 6) is 0.650. The lowest BCUT2D eigenvalue weighted by atomic mass is 9.92. The molecule has 0 bridgehead atoms. The number of nitrogens with two attached hydrogens (primary N) is 1. The van der Waals surface area contributed by atoms with Crippen LogP contribution in [0.15, 0.2) is 48.7 Å². The average Bonchev–Trinajstić information content (AvgIpc) is 3.16. The summed E-state index contributed by atoms with van der Waals surface area (Å²) in [6.07, 6.45) is 6.84. The van der Waals surface area contributed by atoms with Crippen LogP contribution in [0.1, 0.15) is 31.2 Å². The van der Waals surface area contributed by atoms with E-state index in [2.05, 4.69) is 33.7 Å². The molecular weight excluding hydrogens is 337 g/mol. The summed E-state index contributed by atoms with van der Waals surface area (Å²) in [5, 5.41) is 0.682. The van der Waals surface area contributed by atoms with Crippen molar-refractivity contribution >= 4 is 16.6 Å². The molecule has 1 aliphatic heterocycles. The molecule has 3 aromatic rings. The summed E-state index contributed by atoms with van der Waals surface area (Å²) in [6, 6.07) is 13.9. The van der Waals surface area contributed by atoms with Gasteiger partial charge in [0.05, 0.1) is 5.52 Å². The van der Waals surface area contributed by atoms with E-state index in [0.717, 1.165) is 48.7 Å². The number of rotatable bonds is 5. The van der Waals surface area contributed by atoms with Crippen LogP contribution in [-0.4, -0.2) is 24.2 Å². The highest BCUT2D eigenvalue weighted by Crippen LogP contribution is 2.30. The van der Waals surface area contributed by atoms with Crippen LogP contribution in [-0.2, 0) is 0 Å². The van der Waals surface area contributed by atoms with Gasteiger partial charge in [-0.05, 0) is 81.0 Å². The fraction of sp³-hybridized carbons (Fsp3) is 0.391. The van der Waals surface area contributed by atoms with Crippen molar-refractivity contribution in [3.8, 4) is 5.69 Å². The Labute approximate surface area is 160 Å². The molecule has 1 aliphatic rings. The molecule has 0 radical (unpaired) electrons. The number of aryl methyl sites for hydroxylation is 1. The first-order valence-corrected chi connectivity index (χ1v) is 9.99. The summed E-state index contributed by atoms with van der Waals surface area (Å²) in [5.41, 5.74) is 10.0. The number of piperidine rings is 1. The smallest absolute Gasteiger partial charge is 0.132 e. The maximum absolute atomic E-state index is 14.2. The number of nitrogens with zero attached hydrogens (tertiary/aromatic N) is 2. The number of hydrogen-bond acceptors (Lipinski definition) is 2. The number of halogens is 1. The number of aromatic nitrogens is 1. The molecule has 3 nitrogen and oxygen atoms in total. The first kappa shape index (κ1) is 18.1. The summed E-state index contributed by atoms with van der Waals surface area (Å²) in [4.78, 5) is 2.47. The fourth-order valence-corrected chi connectivity index (χ4v) is 4.34. The third kappa shape index (κ3) is 3.59. The topological polar surface area (TPSA) is 34.2 Å². The van der Waals surface area contributed by atoms with Gasteiger partial charge in [-0.1, -0.05) is 12.1 Å². The number of hydrogen-bond donors (Lipinski definition) is 1. The van der Waals surface area contributed by atoms with E-state index < -0.39 is 0 Å². The van der Waals surface area contributed by atoms with Crippen LogP contribution in [0.25, 0.3) is 16.6 Å². The fourth-order valence-electron chi connectivity index (χ4n) is 4.34. The van der Waals surface area contributed by atoms with Gasteiger partial charge < -0.3 is 15.2 Å². The largest absolute Gasteiger partial charge is 0.371 e. The van der Waals surface area contributed by atoms with Gasteiger partial charge in [-0.15, -0.1) is 0 Å². The molecular formula is C23H28FN3. The zero-order valence-electron chi connectivity index (χ0n) is 16.0. The van der Waals surface area contributed by atoms with E-state index in [0.29, 0.717) is 5.39 Å². The van der Waals surface area contributed by atoms with Gasteiger partial charge in [-0.3, -0.25) is 0 Å². The Balaban J connectivity index is 1.58. The molecule has 0 saturated carbocycles. The second-order valence-corrected chi connectivity index (χ2v) is 7.69. The minimum Gasteiger partial charge on any atom is -0.371 e. The van der Waals surface area contributed by atoms with Crippen molar-refractivity contribution in [1.82, 2.24) is 4.57 Å². The van der Waals surface area contributed by atoms with E-state index in [-0.39, 0.29) is 5.82 Å². The predicted molar refractivity (Wildman–Crippen MR) is 111 cm³/mol. The van der Waals surface area contributed by atoms with Crippen LogP contribution in [0.3, 0.4) is 0 Å². The van der Waals surface area contributed by atoms with Crippen molar-refractivity contribution in [3.63, 3.8) is 0 Å². The Morgan fingerprint density at radius 3 is 2.63 bits per heavy atom. The first-order valence-electron chi connectivity index (χ1n) is 9.99. The van der Waals surface area contributed by atoms with Gasteiger partial charge in [0.15, 0.2) is 0 Å². The lowest BCUT2D eigenvalue weighted by molar-refractivity contribution is 0.375. The second-order valence-electron chi connectivity index (χ2n) is 7.69. The van der Waals surface area contributed by atoms with Crippen molar-refractivity contribution in [3.05, 3.63) is 60.0 Å². The van der Waals surface area contributed by atoms with Gasteiger partial charge in [0.1, 0.15) is 5.82 Å². The number of fused-ring (bicyclic) bond motifs is 1. The van der Waals surface area contributed by atoms with Gasteiger partial charge in [0.25, 0.3) is 0 Å².